The summed E-state index contributed by atoms with van der Waals surface area (Å²) >= 11 is 1.62. The first-order valence-corrected chi connectivity index (χ1v) is 12.1. The number of rotatable bonds is 6. The number of anilines is 3. The Morgan fingerprint density at radius 1 is 1.22 bits per heavy atom. The lowest BCUT2D eigenvalue weighted by atomic mass is 9.77. The number of hydrogen-bond donors (Lipinski definition) is 4. The highest BCUT2D eigenvalue weighted by molar-refractivity contribution is 7.17. The molecule has 5 rings (SSSR count). The molecule has 9 nitrogen and oxygen atoms in total. The number of H-pyrrole nitrogens is 1. The number of aryl methyl sites for hydroxylation is 1. The molecule has 0 aromatic carbocycles. The maximum Gasteiger partial charge on any atom is 0.225 e. The van der Waals surface area contributed by atoms with Gasteiger partial charge in [0, 0.05) is 50.4 Å². The van der Waals surface area contributed by atoms with Crippen LogP contribution in [0.3, 0.4) is 0 Å². The molecule has 2 bridgehead atoms. The van der Waals surface area contributed by atoms with Gasteiger partial charge in [-0.25, -0.2) is 4.98 Å². The van der Waals surface area contributed by atoms with E-state index in [4.69, 9.17) is 9.97 Å². The second kappa shape index (κ2) is 8.67. The molecule has 2 unspecified atom stereocenters. The van der Waals surface area contributed by atoms with E-state index in [-0.39, 0.29) is 5.91 Å². The third-order valence-electron chi connectivity index (χ3n) is 6.40. The zero-order valence-electron chi connectivity index (χ0n) is 18.7. The Kier molecular flexibility index (Phi) is 5.73. The van der Waals surface area contributed by atoms with Gasteiger partial charge < -0.3 is 20.9 Å². The van der Waals surface area contributed by atoms with Gasteiger partial charge in [-0.3, -0.25) is 9.89 Å². The van der Waals surface area contributed by atoms with Crippen LogP contribution in [0.1, 0.15) is 37.8 Å². The fourth-order valence-electron chi connectivity index (χ4n) is 4.99. The van der Waals surface area contributed by atoms with Gasteiger partial charge in [-0.15, -0.1) is 11.3 Å². The molecule has 3 aromatic heterocycles. The molecule has 2 saturated heterocycles. The molecule has 2 aliphatic heterocycles. The smallest absolute Gasteiger partial charge is 0.225 e. The number of aromatic amines is 1. The second-order valence-electron chi connectivity index (χ2n) is 9.29. The van der Waals surface area contributed by atoms with Gasteiger partial charge in [0.25, 0.3) is 0 Å². The predicted octanol–water partition coefficient (Wildman–Crippen LogP) is 3.26. The van der Waals surface area contributed by atoms with Crippen LogP contribution in [0.5, 0.6) is 0 Å². The Morgan fingerprint density at radius 2 is 2.00 bits per heavy atom. The standard InChI is InChI=1S/C22H30N8OS/c1-12-6-18(29-28-12)26-21-20-17(4-5-32-20)25-22(27-21)24-16-10-14-7-13(8-15(11-16)23-14)9-19(31)30(2)3/h4-6,13-16,23H,7-11H2,1-3H3,(H3,24,25,26,27,28,29). The predicted molar refractivity (Wildman–Crippen MR) is 127 cm³/mol. The molecular formula is C22H30N8OS. The fraction of sp³-hybridized carbons (Fsp3) is 0.545. The normalized spacial score (nSPS) is 25.0. The number of amides is 1. The van der Waals surface area contributed by atoms with Gasteiger partial charge in [-0.1, -0.05) is 0 Å². The Labute approximate surface area is 191 Å². The minimum absolute atomic E-state index is 0.231. The first-order valence-electron chi connectivity index (χ1n) is 11.2. The Hall–Kier alpha value is -2.72. The number of carbonyl (C=O) groups excluding carboxylic acids is 1. The maximum absolute atomic E-state index is 12.2. The quantitative estimate of drug-likeness (QED) is 0.452. The van der Waals surface area contributed by atoms with E-state index in [9.17, 15) is 4.79 Å². The molecule has 0 radical (unpaired) electrons. The highest BCUT2D eigenvalue weighted by Crippen LogP contribution is 2.34. The van der Waals surface area contributed by atoms with Crippen LogP contribution in [-0.4, -0.2) is 63.2 Å². The lowest BCUT2D eigenvalue weighted by molar-refractivity contribution is -0.130. The van der Waals surface area contributed by atoms with E-state index in [1.54, 1.807) is 16.2 Å². The molecule has 2 aliphatic rings. The van der Waals surface area contributed by atoms with Gasteiger partial charge in [0.05, 0.1) is 10.2 Å². The first kappa shape index (κ1) is 21.1. The van der Waals surface area contributed by atoms with Gasteiger partial charge in [-0.2, -0.15) is 10.1 Å². The van der Waals surface area contributed by atoms with Crippen molar-refractivity contribution in [3.63, 3.8) is 0 Å². The molecule has 2 atom stereocenters. The van der Waals surface area contributed by atoms with Crippen LogP contribution in [0.4, 0.5) is 17.6 Å². The second-order valence-corrected chi connectivity index (χ2v) is 10.2. The molecule has 0 spiro atoms. The minimum Gasteiger partial charge on any atom is -0.351 e. The van der Waals surface area contributed by atoms with Crippen LogP contribution < -0.4 is 16.0 Å². The molecule has 0 aliphatic carbocycles. The van der Waals surface area contributed by atoms with Crippen molar-refractivity contribution in [2.24, 2.45) is 5.92 Å². The van der Waals surface area contributed by atoms with Gasteiger partial charge >= 0.3 is 0 Å². The molecule has 1 amide bonds. The number of hydrogen-bond acceptors (Lipinski definition) is 8. The minimum atomic E-state index is 0.231. The third-order valence-corrected chi connectivity index (χ3v) is 7.31. The molecule has 170 valence electrons. The summed E-state index contributed by atoms with van der Waals surface area (Å²) in [6.45, 7) is 1.97. The largest absolute Gasteiger partial charge is 0.351 e. The summed E-state index contributed by atoms with van der Waals surface area (Å²) in [7, 11) is 3.68. The molecule has 2 fully saturated rings. The Bertz CT molecular complexity index is 1090. The number of fused-ring (bicyclic) bond motifs is 3. The van der Waals surface area contributed by atoms with Gasteiger partial charge in [0.1, 0.15) is 0 Å². The van der Waals surface area contributed by atoms with Gasteiger partial charge in [-0.05, 0) is 50.0 Å². The van der Waals surface area contributed by atoms with Crippen LogP contribution in [0, 0.1) is 12.8 Å². The van der Waals surface area contributed by atoms with E-state index in [2.05, 4.69) is 26.1 Å². The highest BCUT2D eigenvalue weighted by atomic mass is 32.1. The van der Waals surface area contributed by atoms with Crippen molar-refractivity contribution in [3.05, 3.63) is 23.2 Å². The average Bonchev–Trinajstić information content (AvgIpc) is 3.36. The zero-order valence-corrected chi connectivity index (χ0v) is 19.5. The molecule has 32 heavy (non-hydrogen) atoms. The average molecular weight is 455 g/mol. The molecule has 3 aromatic rings. The highest BCUT2D eigenvalue weighted by Gasteiger charge is 2.36. The molecule has 5 heterocycles. The van der Waals surface area contributed by atoms with Gasteiger partial charge in [0.15, 0.2) is 11.6 Å². The number of carbonyl (C=O) groups is 1. The van der Waals surface area contributed by atoms with Crippen molar-refractivity contribution >= 4 is 45.0 Å². The van der Waals surface area contributed by atoms with E-state index in [0.717, 1.165) is 53.2 Å². The van der Waals surface area contributed by atoms with Crippen molar-refractivity contribution in [2.75, 3.05) is 24.7 Å². The van der Waals surface area contributed by atoms with E-state index in [0.29, 0.717) is 36.4 Å². The maximum atomic E-state index is 12.2. The summed E-state index contributed by atoms with van der Waals surface area (Å²) in [5.74, 6) is 2.87. The Morgan fingerprint density at radius 3 is 2.69 bits per heavy atom. The van der Waals surface area contributed by atoms with E-state index in [1.807, 2.05) is 38.5 Å². The Balaban J connectivity index is 1.28. The van der Waals surface area contributed by atoms with Crippen molar-refractivity contribution in [3.8, 4) is 0 Å². The zero-order chi connectivity index (χ0) is 22.2. The number of piperidine rings is 2. The number of thiophene rings is 1. The van der Waals surface area contributed by atoms with Crippen molar-refractivity contribution in [2.45, 2.75) is 57.2 Å². The SMILES string of the molecule is Cc1cc(Nc2nc(NC3CC4CC(CC(=O)N(C)C)CC(C3)N4)nc3ccsc23)n[nH]1. The summed E-state index contributed by atoms with van der Waals surface area (Å²) in [5.41, 5.74) is 1.92. The van der Waals surface area contributed by atoms with Gasteiger partial charge in [0.2, 0.25) is 11.9 Å². The van der Waals surface area contributed by atoms with Crippen LogP contribution in [0.25, 0.3) is 10.2 Å². The summed E-state index contributed by atoms with van der Waals surface area (Å²) in [5, 5.41) is 19.9. The number of nitrogens with zero attached hydrogens (tertiary/aromatic N) is 4. The molecule has 10 heteroatoms. The molecule has 4 N–H and O–H groups in total. The number of aromatic nitrogens is 4. The monoisotopic (exact) mass is 454 g/mol. The summed E-state index contributed by atoms with van der Waals surface area (Å²) in [6.07, 6.45) is 4.76. The van der Waals surface area contributed by atoms with Crippen molar-refractivity contribution in [1.29, 1.82) is 0 Å². The third kappa shape index (κ3) is 4.56. The van der Waals surface area contributed by atoms with E-state index >= 15 is 0 Å². The topological polar surface area (TPSA) is 111 Å². The van der Waals surface area contributed by atoms with E-state index < -0.39 is 0 Å². The molecular weight excluding hydrogens is 424 g/mol. The number of nitrogens with one attached hydrogen (secondary N) is 4. The lowest BCUT2D eigenvalue weighted by Crippen LogP contribution is -2.54. The molecule has 0 saturated carbocycles. The van der Waals surface area contributed by atoms with Crippen LogP contribution in [-0.2, 0) is 4.79 Å². The van der Waals surface area contributed by atoms with Crippen LogP contribution in [0.2, 0.25) is 0 Å². The fourth-order valence-corrected chi connectivity index (χ4v) is 5.77. The first-order chi connectivity index (χ1) is 15.4. The van der Waals surface area contributed by atoms with Crippen LogP contribution in [0.15, 0.2) is 17.5 Å². The van der Waals surface area contributed by atoms with Crippen molar-refractivity contribution < 1.29 is 4.79 Å². The summed E-state index contributed by atoms with van der Waals surface area (Å²) < 4.78 is 1.02. The van der Waals surface area contributed by atoms with Crippen molar-refractivity contribution in [1.82, 2.24) is 30.4 Å². The lowest BCUT2D eigenvalue weighted by Gasteiger charge is -2.44. The summed E-state index contributed by atoms with van der Waals surface area (Å²) in [4.78, 5) is 23.4. The van der Waals surface area contributed by atoms with Crippen LogP contribution >= 0.6 is 11.3 Å². The van der Waals surface area contributed by atoms with E-state index in [1.165, 1.54) is 0 Å². The summed E-state index contributed by atoms with van der Waals surface area (Å²) in [6, 6.07) is 5.15.